The average molecular weight is 182 g/mol. The van der Waals surface area contributed by atoms with Crippen LogP contribution in [-0.2, 0) is 0 Å². The Labute approximate surface area is 79.5 Å². The van der Waals surface area contributed by atoms with Crippen LogP contribution in [0, 0.1) is 17.3 Å². The van der Waals surface area contributed by atoms with Crippen LogP contribution >= 0.6 is 0 Å². The van der Waals surface area contributed by atoms with Crippen molar-refractivity contribution < 1.29 is 4.79 Å². The lowest BCUT2D eigenvalue weighted by molar-refractivity contribution is 0.197. The van der Waals surface area contributed by atoms with Crippen LogP contribution in [0.15, 0.2) is 0 Å². The highest BCUT2D eigenvalue weighted by Gasteiger charge is 2.62. The molecule has 0 radical (unpaired) electrons. The second-order valence-corrected chi connectivity index (χ2v) is 4.77. The maximum absolute atomic E-state index is 11.4. The first-order valence-electron chi connectivity index (χ1n) is 5.10. The second-order valence-electron chi connectivity index (χ2n) is 4.77. The number of hydrogen-bond donors (Lipinski definition) is 1. The first kappa shape index (κ1) is 8.85. The van der Waals surface area contributed by atoms with E-state index in [4.69, 9.17) is 0 Å². The van der Waals surface area contributed by atoms with Gasteiger partial charge in [0.25, 0.3) is 0 Å². The summed E-state index contributed by atoms with van der Waals surface area (Å²) in [5, 5.41) is 2.84. The van der Waals surface area contributed by atoms with Gasteiger partial charge in [-0.1, -0.05) is 13.8 Å². The van der Waals surface area contributed by atoms with E-state index < -0.39 is 0 Å². The zero-order valence-electron chi connectivity index (χ0n) is 8.63. The van der Waals surface area contributed by atoms with E-state index >= 15 is 0 Å². The number of carbonyl (C=O) groups is 1. The zero-order chi connectivity index (χ0) is 9.64. The molecule has 2 unspecified atom stereocenters. The summed E-state index contributed by atoms with van der Waals surface area (Å²) in [7, 11) is 0. The summed E-state index contributed by atoms with van der Waals surface area (Å²) in [5.74, 6) is 1.52. The zero-order valence-corrected chi connectivity index (χ0v) is 8.63. The fourth-order valence-corrected chi connectivity index (χ4v) is 2.56. The third-order valence-electron chi connectivity index (χ3n) is 3.74. The number of nitrogens with one attached hydrogen (secondary N) is 1. The lowest BCUT2D eigenvalue weighted by atomic mass is 10.1. The molecule has 2 fully saturated rings. The molecule has 0 bridgehead atoms. The molecule has 2 atom stereocenters. The monoisotopic (exact) mass is 182 g/mol. The molecular weight excluding hydrogens is 164 g/mol. The van der Waals surface area contributed by atoms with Crippen molar-refractivity contribution in [3.05, 3.63) is 0 Å². The van der Waals surface area contributed by atoms with Crippen LogP contribution in [0.25, 0.3) is 0 Å². The van der Waals surface area contributed by atoms with Gasteiger partial charge in [0.05, 0.1) is 0 Å². The first-order valence-corrected chi connectivity index (χ1v) is 5.10. The number of amides is 2. The number of rotatable bonds is 1. The highest BCUT2D eigenvalue weighted by Crippen LogP contribution is 2.61. The predicted molar refractivity (Wildman–Crippen MR) is 51.4 cm³/mol. The molecular formula is C10H18N2O. The van der Waals surface area contributed by atoms with Crippen LogP contribution in [-0.4, -0.2) is 30.6 Å². The fraction of sp³-hybridized carbons (Fsp3) is 0.900. The highest BCUT2D eigenvalue weighted by atomic mass is 16.2. The van der Waals surface area contributed by atoms with Crippen molar-refractivity contribution in [1.29, 1.82) is 0 Å². The molecule has 1 saturated heterocycles. The number of urea groups is 1. The Hall–Kier alpha value is -0.730. The largest absolute Gasteiger partial charge is 0.338 e. The average Bonchev–Trinajstić information content (AvgIpc) is 2.53. The minimum Gasteiger partial charge on any atom is -0.338 e. The van der Waals surface area contributed by atoms with Crippen molar-refractivity contribution in [3.8, 4) is 0 Å². The van der Waals surface area contributed by atoms with Crippen molar-refractivity contribution in [3.63, 3.8) is 0 Å². The van der Waals surface area contributed by atoms with Gasteiger partial charge in [-0.15, -0.1) is 0 Å². The van der Waals surface area contributed by atoms with E-state index in [-0.39, 0.29) is 6.03 Å². The van der Waals surface area contributed by atoms with Gasteiger partial charge in [0.1, 0.15) is 0 Å². The molecule has 3 heteroatoms. The van der Waals surface area contributed by atoms with Gasteiger partial charge in [-0.3, -0.25) is 0 Å². The topological polar surface area (TPSA) is 32.3 Å². The molecule has 0 aromatic rings. The van der Waals surface area contributed by atoms with Gasteiger partial charge in [-0.25, -0.2) is 4.79 Å². The number of piperidine rings is 1. The molecule has 1 aliphatic heterocycles. The molecule has 2 aliphatic rings. The normalized spacial score (nSPS) is 34.2. The molecule has 3 nitrogen and oxygen atoms in total. The molecule has 74 valence electrons. The van der Waals surface area contributed by atoms with Crippen molar-refractivity contribution in [2.45, 2.75) is 20.8 Å². The van der Waals surface area contributed by atoms with Crippen molar-refractivity contribution in [1.82, 2.24) is 10.2 Å². The molecule has 0 aromatic carbocycles. The third kappa shape index (κ3) is 1.21. The Morgan fingerprint density at radius 2 is 2.00 bits per heavy atom. The quantitative estimate of drug-likeness (QED) is 0.651. The summed E-state index contributed by atoms with van der Waals surface area (Å²) >= 11 is 0. The van der Waals surface area contributed by atoms with Crippen LogP contribution in [0.5, 0.6) is 0 Å². The molecule has 1 aliphatic carbocycles. The van der Waals surface area contributed by atoms with Crippen LogP contribution in [0.2, 0.25) is 0 Å². The number of likely N-dealkylation sites (tertiary alicyclic amines) is 1. The Morgan fingerprint density at radius 1 is 1.46 bits per heavy atom. The third-order valence-corrected chi connectivity index (χ3v) is 3.74. The molecule has 2 rings (SSSR count). The molecule has 2 amide bonds. The summed E-state index contributed by atoms with van der Waals surface area (Å²) in [5.41, 5.74) is 0.503. The lowest BCUT2D eigenvalue weighted by Gasteiger charge is -2.21. The summed E-state index contributed by atoms with van der Waals surface area (Å²) in [6.45, 7) is 9.22. The van der Waals surface area contributed by atoms with E-state index in [2.05, 4.69) is 19.2 Å². The van der Waals surface area contributed by atoms with E-state index in [1.807, 2.05) is 11.8 Å². The summed E-state index contributed by atoms with van der Waals surface area (Å²) in [6, 6.07) is 0.116. The minimum atomic E-state index is 0.116. The number of nitrogens with zero attached hydrogens (tertiary/aromatic N) is 1. The van der Waals surface area contributed by atoms with Gasteiger partial charge in [-0.2, -0.15) is 0 Å². The molecule has 1 heterocycles. The first-order chi connectivity index (χ1) is 6.07. The predicted octanol–water partition coefficient (Wildman–Crippen LogP) is 1.30. The van der Waals surface area contributed by atoms with Crippen LogP contribution in [0.4, 0.5) is 4.79 Å². The van der Waals surface area contributed by atoms with Gasteiger partial charge < -0.3 is 10.2 Å². The van der Waals surface area contributed by atoms with Crippen molar-refractivity contribution in [2.24, 2.45) is 17.3 Å². The van der Waals surface area contributed by atoms with E-state index in [1.165, 1.54) is 0 Å². The second kappa shape index (κ2) is 2.63. The van der Waals surface area contributed by atoms with Crippen LogP contribution in [0.3, 0.4) is 0 Å². The Morgan fingerprint density at radius 3 is 2.46 bits per heavy atom. The molecule has 0 aromatic heterocycles. The number of fused-ring (bicyclic) bond motifs is 1. The highest BCUT2D eigenvalue weighted by molar-refractivity contribution is 5.74. The van der Waals surface area contributed by atoms with Gasteiger partial charge in [0.2, 0.25) is 0 Å². The number of carbonyl (C=O) groups excluding carboxylic acids is 1. The smallest absolute Gasteiger partial charge is 0.317 e. The van der Waals surface area contributed by atoms with Gasteiger partial charge in [-0.05, 0) is 24.2 Å². The molecule has 1 saturated carbocycles. The molecule has 0 spiro atoms. The van der Waals surface area contributed by atoms with Gasteiger partial charge in [0, 0.05) is 19.6 Å². The Balaban J connectivity index is 1.87. The van der Waals surface area contributed by atoms with E-state index in [9.17, 15) is 4.79 Å². The van der Waals surface area contributed by atoms with E-state index in [0.717, 1.165) is 31.5 Å². The Kier molecular flexibility index (Phi) is 1.79. The van der Waals surface area contributed by atoms with Crippen molar-refractivity contribution >= 4 is 6.03 Å². The van der Waals surface area contributed by atoms with Crippen LogP contribution in [0.1, 0.15) is 20.8 Å². The van der Waals surface area contributed by atoms with Gasteiger partial charge in [0.15, 0.2) is 0 Å². The Bertz CT molecular complexity index is 223. The maximum Gasteiger partial charge on any atom is 0.317 e. The standard InChI is InChI=1S/C10H18N2O/c1-4-11-9(13)12-5-7-8(6-12)10(7,2)3/h7-8H,4-6H2,1-3H3,(H,11,13). The fourth-order valence-electron chi connectivity index (χ4n) is 2.56. The minimum absolute atomic E-state index is 0.116. The molecule has 1 N–H and O–H groups in total. The maximum atomic E-state index is 11.4. The SMILES string of the molecule is CCNC(=O)N1CC2C(C1)C2(C)C. The summed E-state index contributed by atoms with van der Waals surface area (Å²) in [6.07, 6.45) is 0. The van der Waals surface area contributed by atoms with Crippen LogP contribution < -0.4 is 5.32 Å². The van der Waals surface area contributed by atoms with E-state index in [0.29, 0.717) is 5.41 Å². The summed E-state index contributed by atoms with van der Waals surface area (Å²) in [4.78, 5) is 13.4. The van der Waals surface area contributed by atoms with E-state index in [1.54, 1.807) is 0 Å². The van der Waals surface area contributed by atoms with Crippen molar-refractivity contribution in [2.75, 3.05) is 19.6 Å². The molecule has 13 heavy (non-hydrogen) atoms. The van der Waals surface area contributed by atoms with Gasteiger partial charge >= 0.3 is 6.03 Å². The summed E-state index contributed by atoms with van der Waals surface area (Å²) < 4.78 is 0. The number of hydrogen-bond acceptors (Lipinski definition) is 1. The lowest BCUT2D eigenvalue weighted by Crippen LogP contribution is -2.40.